The molecule has 0 heterocycles. The summed E-state index contributed by atoms with van der Waals surface area (Å²) in [6.07, 6.45) is 3.76. The fraction of sp³-hybridized carbons (Fsp3) is 0.462. The van der Waals surface area contributed by atoms with Crippen molar-refractivity contribution in [1.82, 2.24) is 0 Å². The van der Waals surface area contributed by atoms with E-state index in [-0.39, 0.29) is 11.8 Å². The van der Waals surface area contributed by atoms with Crippen molar-refractivity contribution >= 4 is 23.4 Å². The molecule has 0 saturated heterocycles. The largest absolute Gasteiger partial charge is 0.330 e. The molecule has 3 N–H and O–H groups in total. The molecule has 1 unspecified atom stereocenters. The molecule has 0 radical (unpaired) electrons. The van der Waals surface area contributed by atoms with Crippen LogP contribution in [0, 0.1) is 5.92 Å². The van der Waals surface area contributed by atoms with Gasteiger partial charge in [-0.25, -0.2) is 0 Å². The number of thioether (sulfide) groups is 1. The molecule has 3 nitrogen and oxygen atoms in total. The van der Waals surface area contributed by atoms with Crippen LogP contribution in [0.15, 0.2) is 29.2 Å². The van der Waals surface area contributed by atoms with E-state index in [0.717, 1.165) is 18.5 Å². The Balaban J connectivity index is 2.49. The number of nitrogens with one attached hydrogen (secondary N) is 1. The van der Waals surface area contributed by atoms with Crippen LogP contribution in [0.5, 0.6) is 0 Å². The summed E-state index contributed by atoms with van der Waals surface area (Å²) in [6.45, 7) is 2.57. The maximum atomic E-state index is 11.8. The Labute approximate surface area is 107 Å². The molecule has 0 fully saturated rings. The predicted molar refractivity (Wildman–Crippen MR) is 74.3 cm³/mol. The summed E-state index contributed by atoms with van der Waals surface area (Å²) in [6, 6.07) is 7.87. The number of amides is 1. The van der Waals surface area contributed by atoms with Crippen molar-refractivity contribution in [2.75, 3.05) is 18.1 Å². The fourth-order valence-electron chi connectivity index (χ4n) is 1.49. The Morgan fingerprint density at radius 3 is 2.59 bits per heavy atom. The lowest BCUT2D eigenvalue weighted by molar-refractivity contribution is -0.119. The molecule has 0 spiro atoms. The van der Waals surface area contributed by atoms with Crippen LogP contribution in [0.1, 0.15) is 19.8 Å². The normalized spacial score (nSPS) is 12.2. The molecule has 1 amide bonds. The first-order valence-electron chi connectivity index (χ1n) is 5.82. The number of nitrogens with two attached hydrogens (primary N) is 1. The molecule has 0 aliphatic carbocycles. The van der Waals surface area contributed by atoms with E-state index >= 15 is 0 Å². The molecule has 94 valence electrons. The zero-order valence-electron chi connectivity index (χ0n) is 10.4. The van der Waals surface area contributed by atoms with Gasteiger partial charge in [-0.2, -0.15) is 0 Å². The van der Waals surface area contributed by atoms with E-state index in [4.69, 9.17) is 5.73 Å². The van der Waals surface area contributed by atoms with Gasteiger partial charge in [-0.05, 0) is 49.9 Å². The van der Waals surface area contributed by atoms with Crippen LogP contribution in [0.25, 0.3) is 0 Å². The van der Waals surface area contributed by atoms with Gasteiger partial charge >= 0.3 is 0 Å². The van der Waals surface area contributed by atoms with Crippen LogP contribution in [0.4, 0.5) is 5.69 Å². The molecule has 1 atom stereocenters. The van der Waals surface area contributed by atoms with Crippen molar-refractivity contribution in [1.29, 1.82) is 0 Å². The molecular weight excluding hydrogens is 232 g/mol. The molecule has 0 aliphatic rings. The molecule has 17 heavy (non-hydrogen) atoms. The van der Waals surface area contributed by atoms with Gasteiger partial charge in [-0.15, -0.1) is 11.8 Å². The minimum absolute atomic E-state index is 0.0128. The van der Waals surface area contributed by atoms with E-state index in [1.807, 2.05) is 37.4 Å². The third-order valence-corrected chi connectivity index (χ3v) is 3.39. The Kier molecular flexibility index (Phi) is 6.08. The van der Waals surface area contributed by atoms with Crippen LogP contribution in [0.3, 0.4) is 0 Å². The minimum Gasteiger partial charge on any atom is -0.330 e. The number of carbonyl (C=O) groups excluding carboxylic acids is 1. The average Bonchev–Trinajstić information content (AvgIpc) is 2.36. The SMILES string of the molecule is CSc1ccc(NC(=O)C(C)CCCN)cc1. The van der Waals surface area contributed by atoms with Gasteiger partial charge in [0.1, 0.15) is 0 Å². The van der Waals surface area contributed by atoms with E-state index in [9.17, 15) is 4.79 Å². The quantitative estimate of drug-likeness (QED) is 0.765. The lowest BCUT2D eigenvalue weighted by Gasteiger charge is -2.11. The zero-order chi connectivity index (χ0) is 12.7. The average molecular weight is 252 g/mol. The summed E-state index contributed by atoms with van der Waals surface area (Å²) in [5, 5.41) is 2.91. The lowest BCUT2D eigenvalue weighted by Crippen LogP contribution is -2.21. The van der Waals surface area contributed by atoms with Gasteiger partial charge < -0.3 is 11.1 Å². The van der Waals surface area contributed by atoms with Crippen molar-refractivity contribution < 1.29 is 4.79 Å². The summed E-state index contributed by atoms with van der Waals surface area (Å²) in [4.78, 5) is 13.0. The summed E-state index contributed by atoms with van der Waals surface area (Å²) < 4.78 is 0. The van der Waals surface area contributed by atoms with E-state index in [2.05, 4.69) is 5.32 Å². The molecule has 0 aliphatic heterocycles. The number of carbonyl (C=O) groups is 1. The first-order chi connectivity index (χ1) is 8.17. The Morgan fingerprint density at radius 2 is 2.06 bits per heavy atom. The number of hydrogen-bond donors (Lipinski definition) is 2. The van der Waals surface area contributed by atoms with Crippen molar-refractivity contribution in [2.24, 2.45) is 11.7 Å². The monoisotopic (exact) mass is 252 g/mol. The predicted octanol–water partition coefficient (Wildman–Crippen LogP) is 2.72. The first-order valence-corrected chi connectivity index (χ1v) is 7.05. The second kappa shape index (κ2) is 7.35. The summed E-state index contributed by atoms with van der Waals surface area (Å²) in [5.41, 5.74) is 6.28. The molecule has 0 saturated carbocycles. The van der Waals surface area contributed by atoms with Crippen molar-refractivity contribution in [3.05, 3.63) is 24.3 Å². The summed E-state index contributed by atoms with van der Waals surface area (Å²) in [7, 11) is 0. The maximum absolute atomic E-state index is 11.8. The van der Waals surface area contributed by atoms with E-state index < -0.39 is 0 Å². The second-order valence-electron chi connectivity index (χ2n) is 4.05. The van der Waals surface area contributed by atoms with Gasteiger partial charge in [0.25, 0.3) is 0 Å². The standard InChI is InChI=1S/C13H20N2OS/c1-10(4-3-9-14)13(16)15-11-5-7-12(17-2)8-6-11/h5-8,10H,3-4,9,14H2,1-2H3,(H,15,16). The van der Waals surface area contributed by atoms with Gasteiger partial charge in [-0.1, -0.05) is 6.92 Å². The van der Waals surface area contributed by atoms with E-state index in [1.165, 1.54) is 4.90 Å². The molecule has 1 aromatic carbocycles. The van der Waals surface area contributed by atoms with Gasteiger partial charge in [0.2, 0.25) is 5.91 Å². The lowest BCUT2D eigenvalue weighted by atomic mass is 10.0. The van der Waals surface area contributed by atoms with Crippen LogP contribution >= 0.6 is 11.8 Å². The molecule has 0 aromatic heterocycles. The highest BCUT2D eigenvalue weighted by Crippen LogP contribution is 2.18. The van der Waals surface area contributed by atoms with Gasteiger partial charge in [0.05, 0.1) is 0 Å². The van der Waals surface area contributed by atoms with Gasteiger partial charge in [-0.3, -0.25) is 4.79 Å². The minimum atomic E-state index is 0.0128. The van der Waals surface area contributed by atoms with Crippen molar-refractivity contribution in [3.8, 4) is 0 Å². The number of hydrogen-bond acceptors (Lipinski definition) is 3. The topological polar surface area (TPSA) is 55.1 Å². The van der Waals surface area contributed by atoms with Crippen LogP contribution < -0.4 is 11.1 Å². The fourth-order valence-corrected chi connectivity index (χ4v) is 1.90. The van der Waals surface area contributed by atoms with Crippen LogP contribution in [0.2, 0.25) is 0 Å². The molecular formula is C13H20N2OS. The van der Waals surface area contributed by atoms with E-state index in [1.54, 1.807) is 11.8 Å². The van der Waals surface area contributed by atoms with Crippen molar-refractivity contribution in [3.63, 3.8) is 0 Å². The highest BCUT2D eigenvalue weighted by Gasteiger charge is 2.12. The van der Waals surface area contributed by atoms with Gasteiger partial charge in [0.15, 0.2) is 0 Å². The number of anilines is 1. The first kappa shape index (κ1) is 14.1. The highest BCUT2D eigenvalue weighted by atomic mass is 32.2. The van der Waals surface area contributed by atoms with Crippen LogP contribution in [-0.4, -0.2) is 18.7 Å². The highest BCUT2D eigenvalue weighted by molar-refractivity contribution is 7.98. The van der Waals surface area contributed by atoms with E-state index in [0.29, 0.717) is 6.54 Å². The number of benzene rings is 1. The Hall–Kier alpha value is -1.00. The van der Waals surface area contributed by atoms with Gasteiger partial charge in [0, 0.05) is 16.5 Å². The maximum Gasteiger partial charge on any atom is 0.227 e. The summed E-state index contributed by atoms with van der Waals surface area (Å²) in [5.74, 6) is 0.0779. The molecule has 1 rings (SSSR count). The molecule has 0 bridgehead atoms. The Morgan fingerprint density at radius 1 is 1.41 bits per heavy atom. The second-order valence-corrected chi connectivity index (χ2v) is 4.93. The smallest absolute Gasteiger partial charge is 0.227 e. The number of rotatable bonds is 6. The third kappa shape index (κ3) is 4.79. The molecule has 1 aromatic rings. The zero-order valence-corrected chi connectivity index (χ0v) is 11.2. The third-order valence-electron chi connectivity index (χ3n) is 2.65. The molecule has 4 heteroatoms. The summed E-state index contributed by atoms with van der Waals surface area (Å²) >= 11 is 1.69. The Bertz CT molecular complexity index is 351. The van der Waals surface area contributed by atoms with Crippen LogP contribution in [-0.2, 0) is 4.79 Å². The van der Waals surface area contributed by atoms with Crippen molar-refractivity contribution in [2.45, 2.75) is 24.7 Å².